The van der Waals surface area contributed by atoms with Crippen LogP contribution >= 0.6 is 0 Å². The Morgan fingerprint density at radius 3 is 2.92 bits per heavy atom. The van der Waals surface area contributed by atoms with Gasteiger partial charge >= 0.3 is 0 Å². The van der Waals surface area contributed by atoms with E-state index in [1.165, 1.54) is 0 Å². The van der Waals surface area contributed by atoms with Crippen LogP contribution in [0.25, 0.3) is 0 Å². The molecule has 138 valence electrons. The molecule has 2 fully saturated rings. The maximum atomic E-state index is 12.6. The second kappa shape index (κ2) is 7.99. The number of rotatable bonds is 5. The van der Waals surface area contributed by atoms with Gasteiger partial charge in [0.05, 0.1) is 11.7 Å². The van der Waals surface area contributed by atoms with Crippen molar-refractivity contribution in [3.05, 3.63) is 17.5 Å². The van der Waals surface area contributed by atoms with E-state index < -0.39 is 0 Å². The van der Waals surface area contributed by atoms with Gasteiger partial charge in [0.2, 0.25) is 11.7 Å². The minimum absolute atomic E-state index is 0.0510. The molecule has 2 saturated heterocycles. The first-order valence-corrected chi connectivity index (χ1v) is 9.31. The van der Waals surface area contributed by atoms with E-state index in [0.717, 1.165) is 44.5 Å². The Kier molecular flexibility index (Phi) is 5.73. The Morgan fingerprint density at radius 2 is 2.24 bits per heavy atom. The summed E-state index contributed by atoms with van der Waals surface area (Å²) in [6.07, 6.45) is 3.93. The third-order valence-corrected chi connectivity index (χ3v) is 5.08. The summed E-state index contributed by atoms with van der Waals surface area (Å²) in [4.78, 5) is 26.6. The van der Waals surface area contributed by atoms with Crippen molar-refractivity contribution in [3.8, 4) is 0 Å². The van der Waals surface area contributed by atoms with Gasteiger partial charge in [-0.15, -0.1) is 0 Å². The van der Waals surface area contributed by atoms with E-state index in [1.54, 1.807) is 6.07 Å². The van der Waals surface area contributed by atoms with E-state index in [9.17, 15) is 9.59 Å². The van der Waals surface area contributed by atoms with Gasteiger partial charge in [-0.1, -0.05) is 19.0 Å². The summed E-state index contributed by atoms with van der Waals surface area (Å²) in [7, 11) is 0. The Labute approximate surface area is 148 Å². The van der Waals surface area contributed by atoms with Gasteiger partial charge in [-0.05, 0) is 44.1 Å². The molecule has 2 aliphatic rings. The van der Waals surface area contributed by atoms with Crippen LogP contribution < -0.4 is 10.6 Å². The average Bonchev–Trinajstić information content (AvgIpc) is 3.30. The van der Waals surface area contributed by atoms with Gasteiger partial charge in [0.25, 0.3) is 5.91 Å². The molecule has 2 atom stereocenters. The van der Waals surface area contributed by atoms with Crippen molar-refractivity contribution in [2.45, 2.75) is 51.5 Å². The highest BCUT2D eigenvalue weighted by Gasteiger charge is 2.28. The number of nitrogens with zero attached hydrogens (tertiary/aromatic N) is 2. The summed E-state index contributed by atoms with van der Waals surface area (Å²) in [5.41, 5.74) is 0.799. The van der Waals surface area contributed by atoms with Gasteiger partial charge in [0, 0.05) is 25.7 Å². The normalized spacial score (nSPS) is 23.9. The lowest BCUT2D eigenvalue weighted by atomic mass is 9.97. The number of hydrogen-bond donors (Lipinski definition) is 2. The maximum absolute atomic E-state index is 12.6. The van der Waals surface area contributed by atoms with E-state index in [2.05, 4.69) is 15.8 Å². The molecule has 2 amide bonds. The summed E-state index contributed by atoms with van der Waals surface area (Å²) >= 11 is 0. The summed E-state index contributed by atoms with van der Waals surface area (Å²) in [5.74, 6) is 0.809. The van der Waals surface area contributed by atoms with Crippen LogP contribution in [0.4, 0.5) is 0 Å². The summed E-state index contributed by atoms with van der Waals surface area (Å²) in [6.45, 7) is 6.95. The number of carbonyl (C=O) groups is 2. The molecular weight excluding hydrogens is 320 g/mol. The first-order chi connectivity index (χ1) is 12.0. The minimum Gasteiger partial charge on any atom is -0.354 e. The molecule has 0 radical (unpaired) electrons. The molecular formula is C18H28N4O3. The van der Waals surface area contributed by atoms with Crippen LogP contribution in [0.15, 0.2) is 10.6 Å². The number of nitrogens with one attached hydrogen (secondary N) is 2. The molecule has 0 saturated carbocycles. The first-order valence-electron chi connectivity index (χ1n) is 9.31. The Morgan fingerprint density at radius 1 is 1.40 bits per heavy atom. The fourth-order valence-corrected chi connectivity index (χ4v) is 3.51. The molecule has 0 aromatic carbocycles. The van der Waals surface area contributed by atoms with Gasteiger partial charge in [0.15, 0.2) is 0 Å². The standard InChI is InChI=1S/C18H28N4O3/c1-12(2)15-9-16(25-21-15)18(24)22-8-4-5-13(11-22)10-20-17(23)14-6-3-7-19-14/h9,12-14,19H,3-8,10-11H2,1-2H3,(H,20,23). The molecule has 2 unspecified atom stereocenters. The highest BCUT2D eigenvalue weighted by atomic mass is 16.5. The van der Waals surface area contributed by atoms with Gasteiger partial charge in [-0.3, -0.25) is 9.59 Å². The third-order valence-electron chi connectivity index (χ3n) is 5.08. The van der Waals surface area contributed by atoms with Crippen molar-refractivity contribution in [1.82, 2.24) is 20.7 Å². The molecule has 1 aromatic heterocycles. The summed E-state index contributed by atoms with van der Waals surface area (Å²) < 4.78 is 5.22. The highest BCUT2D eigenvalue weighted by Crippen LogP contribution is 2.20. The number of likely N-dealkylation sites (tertiary alicyclic amines) is 1. The molecule has 0 aliphatic carbocycles. The molecule has 25 heavy (non-hydrogen) atoms. The molecule has 0 bridgehead atoms. The van der Waals surface area contributed by atoms with Gasteiger partial charge < -0.3 is 20.1 Å². The predicted octanol–water partition coefficient (Wildman–Crippen LogP) is 1.52. The van der Waals surface area contributed by atoms with Crippen molar-refractivity contribution in [2.75, 3.05) is 26.2 Å². The number of aromatic nitrogens is 1. The van der Waals surface area contributed by atoms with E-state index >= 15 is 0 Å². The fraction of sp³-hybridized carbons (Fsp3) is 0.722. The van der Waals surface area contributed by atoms with Gasteiger partial charge in [-0.2, -0.15) is 0 Å². The SMILES string of the molecule is CC(C)c1cc(C(=O)N2CCCC(CNC(=O)C3CCCN3)C2)on1. The van der Waals surface area contributed by atoms with E-state index in [-0.39, 0.29) is 29.7 Å². The second-order valence-corrected chi connectivity index (χ2v) is 7.42. The average molecular weight is 348 g/mol. The number of hydrogen-bond acceptors (Lipinski definition) is 5. The van der Waals surface area contributed by atoms with Gasteiger partial charge in [0.1, 0.15) is 0 Å². The topological polar surface area (TPSA) is 87.5 Å². The van der Waals surface area contributed by atoms with Crippen molar-refractivity contribution >= 4 is 11.8 Å². The molecule has 1 aromatic rings. The largest absolute Gasteiger partial charge is 0.354 e. The predicted molar refractivity (Wildman–Crippen MR) is 93.3 cm³/mol. The highest BCUT2D eigenvalue weighted by molar-refractivity contribution is 5.91. The van der Waals surface area contributed by atoms with Crippen LogP contribution in [-0.4, -0.2) is 54.1 Å². The zero-order chi connectivity index (χ0) is 17.8. The van der Waals surface area contributed by atoms with E-state index in [4.69, 9.17) is 4.52 Å². The van der Waals surface area contributed by atoms with Crippen molar-refractivity contribution < 1.29 is 14.1 Å². The third kappa shape index (κ3) is 4.39. The lowest BCUT2D eigenvalue weighted by Gasteiger charge is -2.32. The number of amides is 2. The quantitative estimate of drug-likeness (QED) is 0.842. The van der Waals surface area contributed by atoms with Crippen LogP contribution in [0, 0.1) is 5.92 Å². The number of carbonyl (C=O) groups excluding carboxylic acids is 2. The minimum atomic E-state index is -0.104. The van der Waals surface area contributed by atoms with Crippen LogP contribution in [0.5, 0.6) is 0 Å². The van der Waals surface area contributed by atoms with E-state index in [1.807, 2.05) is 18.7 Å². The van der Waals surface area contributed by atoms with Crippen LogP contribution in [0.3, 0.4) is 0 Å². The molecule has 2 aliphatic heterocycles. The zero-order valence-corrected chi connectivity index (χ0v) is 15.1. The summed E-state index contributed by atoms with van der Waals surface area (Å²) in [6, 6.07) is 1.69. The van der Waals surface area contributed by atoms with Crippen LogP contribution in [0.2, 0.25) is 0 Å². The van der Waals surface area contributed by atoms with Crippen molar-refractivity contribution in [3.63, 3.8) is 0 Å². The van der Waals surface area contributed by atoms with E-state index in [0.29, 0.717) is 18.8 Å². The second-order valence-electron chi connectivity index (χ2n) is 7.42. The summed E-state index contributed by atoms with van der Waals surface area (Å²) in [5, 5.41) is 10.2. The molecule has 3 heterocycles. The molecule has 7 nitrogen and oxygen atoms in total. The van der Waals surface area contributed by atoms with Crippen LogP contribution in [-0.2, 0) is 4.79 Å². The van der Waals surface area contributed by atoms with Crippen molar-refractivity contribution in [1.29, 1.82) is 0 Å². The maximum Gasteiger partial charge on any atom is 0.292 e. The first kappa shape index (κ1) is 17.9. The Hall–Kier alpha value is -1.89. The monoisotopic (exact) mass is 348 g/mol. The van der Waals surface area contributed by atoms with Crippen molar-refractivity contribution in [2.24, 2.45) is 5.92 Å². The smallest absolute Gasteiger partial charge is 0.292 e. The fourth-order valence-electron chi connectivity index (χ4n) is 3.51. The molecule has 3 rings (SSSR count). The lowest BCUT2D eigenvalue weighted by Crippen LogP contribution is -2.46. The van der Waals surface area contributed by atoms with Gasteiger partial charge in [-0.25, -0.2) is 0 Å². The molecule has 0 spiro atoms. The lowest BCUT2D eigenvalue weighted by molar-refractivity contribution is -0.123. The zero-order valence-electron chi connectivity index (χ0n) is 15.1. The molecule has 2 N–H and O–H groups in total. The Balaban J connectivity index is 1.51. The Bertz CT molecular complexity index is 607. The van der Waals surface area contributed by atoms with Crippen LogP contribution in [0.1, 0.15) is 61.7 Å². The number of piperidine rings is 1. The molecule has 7 heteroatoms.